The first-order valence-corrected chi connectivity index (χ1v) is 6.73. The molecule has 0 atom stereocenters. The van der Waals surface area contributed by atoms with E-state index in [0.29, 0.717) is 23.1 Å². The molecule has 5 nitrogen and oxygen atoms in total. The summed E-state index contributed by atoms with van der Waals surface area (Å²) in [4.78, 5) is 11.9. The Labute approximate surface area is 114 Å². The van der Waals surface area contributed by atoms with Crippen LogP contribution < -0.4 is 11.0 Å². The molecule has 0 unspecified atom stereocenters. The minimum atomic E-state index is -0.309. The van der Waals surface area contributed by atoms with Crippen molar-refractivity contribution in [1.82, 2.24) is 20.1 Å². The van der Waals surface area contributed by atoms with Crippen LogP contribution in [0.3, 0.4) is 0 Å². The van der Waals surface area contributed by atoms with E-state index in [1.54, 1.807) is 6.07 Å². The Kier molecular flexibility index (Phi) is 4.39. The lowest BCUT2D eigenvalue weighted by atomic mass is 10.2. The van der Waals surface area contributed by atoms with Crippen LogP contribution in [0, 0.1) is 5.82 Å². The Morgan fingerprint density at radius 1 is 1.53 bits per heavy atom. The van der Waals surface area contributed by atoms with E-state index >= 15 is 0 Å². The Balaban J connectivity index is 2.26. The van der Waals surface area contributed by atoms with Crippen molar-refractivity contribution >= 4 is 11.8 Å². The summed E-state index contributed by atoms with van der Waals surface area (Å²) >= 11 is 1.14. The first-order valence-electron chi connectivity index (χ1n) is 5.91. The first kappa shape index (κ1) is 13.8. The molecule has 2 rings (SSSR count). The van der Waals surface area contributed by atoms with Crippen LogP contribution in [0.15, 0.2) is 33.0 Å². The van der Waals surface area contributed by atoms with Crippen LogP contribution in [-0.4, -0.2) is 21.8 Å². The normalized spacial score (nSPS) is 10.9. The molecule has 102 valence electrons. The van der Waals surface area contributed by atoms with E-state index in [4.69, 9.17) is 0 Å². The fourth-order valence-corrected chi connectivity index (χ4v) is 2.60. The van der Waals surface area contributed by atoms with Crippen molar-refractivity contribution in [3.63, 3.8) is 0 Å². The summed E-state index contributed by atoms with van der Waals surface area (Å²) in [6.07, 6.45) is 0. The predicted molar refractivity (Wildman–Crippen MR) is 71.8 cm³/mol. The lowest BCUT2D eigenvalue weighted by Gasteiger charge is -2.06. The number of aromatic nitrogens is 3. The summed E-state index contributed by atoms with van der Waals surface area (Å²) < 4.78 is 15.4. The quantitative estimate of drug-likeness (QED) is 0.874. The molecule has 1 aromatic heterocycles. The van der Waals surface area contributed by atoms with E-state index in [1.807, 2.05) is 20.0 Å². The summed E-state index contributed by atoms with van der Waals surface area (Å²) in [5.74, 6) is -0.309. The Morgan fingerprint density at radius 3 is 2.95 bits per heavy atom. The van der Waals surface area contributed by atoms with Crippen molar-refractivity contribution in [3.05, 3.63) is 40.1 Å². The van der Waals surface area contributed by atoms with E-state index < -0.39 is 0 Å². The predicted octanol–water partition coefficient (Wildman–Crippen LogP) is 1.60. The molecule has 0 aliphatic rings. The molecule has 0 saturated heterocycles. The Morgan fingerprint density at radius 2 is 2.32 bits per heavy atom. The van der Waals surface area contributed by atoms with Crippen LogP contribution >= 0.6 is 11.8 Å². The van der Waals surface area contributed by atoms with Gasteiger partial charge >= 0.3 is 5.69 Å². The minimum absolute atomic E-state index is 0.280. The van der Waals surface area contributed by atoms with Gasteiger partial charge in [0.2, 0.25) is 0 Å². The van der Waals surface area contributed by atoms with Gasteiger partial charge in [-0.05, 0) is 43.4 Å². The summed E-state index contributed by atoms with van der Waals surface area (Å²) in [5.41, 5.74) is 0.594. The molecule has 1 heterocycles. The number of hydrogen-bond donors (Lipinski definition) is 2. The smallest absolute Gasteiger partial charge is 0.316 e. The molecule has 0 bridgehead atoms. The standard InChI is InChI=1S/C12H15FN4OS/c1-3-17-11(18)15-16-12(17)19-10-5-4-8(7-14-2)6-9(10)13/h4-6,14H,3,7H2,1-2H3,(H,15,18). The van der Waals surface area contributed by atoms with E-state index in [1.165, 1.54) is 10.6 Å². The van der Waals surface area contributed by atoms with E-state index in [2.05, 4.69) is 15.5 Å². The van der Waals surface area contributed by atoms with E-state index in [9.17, 15) is 9.18 Å². The maximum absolute atomic E-state index is 13.9. The largest absolute Gasteiger partial charge is 0.343 e. The number of halogens is 1. The van der Waals surface area contributed by atoms with Gasteiger partial charge in [-0.15, -0.1) is 5.10 Å². The molecule has 2 N–H and O–H groups in total. The van der Waals surface area contributed by atoms with Crippen molar-refractivity contribution in [1.29, 1.82) is 0 Å². The molecule has 7 heteroatoms. The van der Waals surface area contributed by atoms with Crippen LogP contribution in [0.1, 0.15) is 12.5 Å². The highest BCUT2D eigenvalue weighted by molar-refractivity contribution is 7.99. The zero-order chi connectivity index (χ0) is 13.8. The third kappa shape index (κ3) is 3.05. The van der Waals surface area contributed by atoms with Crippen LogP contribution in [0.2, 0.25) is 0 Å². The summed E-state index contributed by atoms with van der Waals surface area (Å²) in [6, 6.07) is 5.04. The highest BCUT2D eigenvalue weighted by atomic mass is 32.2. The van der Waals surface area contributed by atoms with Crippen molar-refractivity contribution in [2.75, 3.05) is 7.05 Å². The van der Waals surface area contributed by atoms with E-state index in [0.717, 1.165) is 17.3 Å². The number of H-pyrrole nitrogens is 1. The molecule has 0 amide bonds. The molecule has 0 radical (unpaired) electrons. The minimum Gasteiger partial charge on any atom is -0.316 e. The van der Waals surface area contributed by atoms with Gasteiger partial charge in [0, 0.05) is 13.1 Å². The third-order valence-electron chi connectivity index (χ3n) is 2.62. The van der Waals surface area contributed by atoms with Gasteiger partial charge in [-0.25, -0.2) is 14.3 Å². The zero-order valence-electron chi connectivity index (χ0n) is 10.7. The number of nitrogens with one attached hydrogen (secondary N) is 2. The summed E-state index contributed by atoms with van der Waals surface area (Å²) in [5, 5.41) is 9.69. The number of hydrogen-bond acceptors (Lipinski definition) is 4. The van der Waals surface area contributed by atoms with Crippen LogP contribution in [0.5, 0.6) is 0 Å². The van der Waals surface area contributed by atoms with Gasteiger partial charge in [0.25, 0.3) is 0 Å². The highest BCUT2D eigenvalue weighted by Crippen LogP contribution is 2.28. The molecular formula is C12H15FN4OS. The van der Waals surface area contributed by atoms with Crippen molar-refractivity contribution in [2.45, 2.75) is 30.1 Å². The number of aromatic amines is 1. The van der Waals surface area contributed by atoms with Gasteiger partial charge in [0.05, 0.1) is 4.90 Å². The second-order valence-corrected chi connectivity index (χ2v) is 4.96. The SMILES string of the molecule is CCn1c(Sc2ccc(CNC)cc2F)n[nH]c1=O. The van der Waals surface area contributed by atoms with Crippen LogP contribution in [0.25, 0.3) is 0 Å². The molecule has 0 spiro atoms. The van der Waals surface area contributed by atoms with Gasteiger partial charge in [-0.1, -0.05) is 6.07 Å². The Bertz CT molecular complexity index is 622. The lowest BCUT2D eigenvalue weighted by molar-refractivity contribution is 0.596. The van der Waals surface area contributed by atoms with Gasteiger partial charge in [0.1, 0.15) is 5.82 Å². The van der Waals surface area contributed by atoms with Gasteiger partial charge in [-0.3, -0.25) is 4.57 Å². The number of benzene rings is 1. The van der Waals surface area contributed by atoms with Crippen LogP contribution in [0.4, 0.5) is 4.39 Å². The zero-order valence-corrected chi connectivity index (χ0v) is 11.6. The first-order chi connectivity index (χ1) is 9.15. The second-order valence-electron chi connectivity index (χ2n) is 3.95. The lowest BCUT2D eigenvalue weighted by Crippen LogP contribution is -2.16. The van der Waals surface area contributed by atoms with Crippen molar-refractivity contribution < 1.29 is 4.39 Å². The van der Waals surface area contributed by atoms with Gasteiger partial charge in [0.15, 0.2) is 5.16 Å². The molecule has 2 aromatic rings. The van der Waals surface area contributed by atoms with Gasteiger partial charge < -0.3 is 5.32 Å². The fourth-order valence-electron chi connectivity index (χ4n) is 1.70. The molecule has 0 aliphatic carbocycles. The van der Waals surface area contributed by atoms with Crippen molar-refractivity contribution in [3.8, 4) is 0 Å². The molecule has 0 fully saturated rings. The average Bonchev–Trinajstić information content (AvgIpc) is 2.73. The maximum atomic E-state index is 13.9. The molecular weight excluding hydrogens is 267 g/mol. The highest BCUT2D eigenvalue weighted by Gasteiger charge is 2.11. The molecule has 1 aromatic carbocycles. The average molecular weight is 282 g/mol. The second kappa shape index (κ2) is 6.03. The topological polar surface area (TPSA) is 62.7 Å². The molecule has 0 aliphatic heterocycles. The Hall–Kier alpha value is -1.60. The molecule has 0 saturated carbocycles. The van der Waals surface area contributed by atoms with Gasteiger partial charge in [-0.2, -0.15) is 0 Å². The fraction of sp³-hybridized carbons (Fsp3) is 0.333. The van der Waals surface area contributed by atoms with E-state index in [-0.39, 0.29) is 11.5 Å². The monoisotopic (exact) mass is 282 g/mol. The van der Waals surface area contributed by atoms with Crippen LogP contribution in [-0.2, 0) is 13.1 Å². The van der Waals surface area contributed by atoms with Crippen molar-refractivity contribution in [2.24, 2.45) is 0 Å². The maximum Gasteiger partial charge on any atom is 0.343 e. The summed E-state index contributed by atoms with van der Waals surface area (Å²) in [6.45, 7) is 2.95. The number of nitrogens with zero attached hydrogens (tertiary/aromatic N) is 2. The number of rotatable bonds is 5. The summed E-state index contributed by atoms with van der Waals surface area (Å²) in [7, 11) is 1.81. The molecule has 19 heavy (non-hydrogen) atoms. The third-order valence-corrected chi connectivity index (χ3v) is 3.66.